The van der Waals surface area contributed by atoms with E-state index in [1.54, 1.807) is 6.33 Å². The molecule has 6 nitrogen and oxygen atoms in total. The summed E-state index contributed by atoms with van der Waals surface area (Å²) in [5, 5.41) is 7.00. The maximum Gasteiger partial charge on any atom is 0.132 e. The van der Waals surface area contributed by atoms with Gasteiger partial charge >= 0.3 is 0 Å². The van der Waals surface area contributed by atoms with Gasteiger partial charge in [-0.2, -0.15) is 5.10 Å². The third-order valence-electron chi connectivity index (χ3n) is 3.75. The van der Waals surface area contributed by atoms with Crippen LogP contribution in [0.2, 0.25) is 0 Å². The number of ether oxygens (including phenoxy) is 1. The van der Waals surface area contributed by atoms with Crippen LogP contribution < -0.4 is 4.90 Å². The number of hydrogen-bond donors (Lipinski definition) is 1. The fourth-order valence-electron chi connectivity index (χ4n) is 2.43. The normalized spacial score (nSPS) is 18.4. The topological polar surface area (TPSA) is 66.9 Å². The largest absolute Gasteiger partial charge is 0.381 e. The first-order chi connectivity index (χ1) is 9.74. The molecule has 6 heteroatoms. The number of nitrogens with zero attached hydrogens (tertiary/aromatic N) is 4. The molecule has 2 aromatic heterocycles. The van der Waals surface area contributed by atoms with Gasteiger partial charge in [0.15, 0.2) is 0 Å². The Kier molecular flexibility index (Phi) is 3.64. The van der Waals surface area contributed by atoms with Crippen LogP contribution in [0.5, 0.6) is 0 Å². The Bertz CT molecular complexity index is 576. The lowest BCUT2D eigenvalue weighted by Gasteiger charge is -2.19. The molecule has 0 saturated carbocycles. The third kappa shape index (κ3) is 2.65. The lowest BCUT2D eigenvalue weighted by Crippen LogP contribution is -2.18. The van der Waals surface area contributed by atoms with Gasteiger partial charge in [-0.1, -0.05) is 0 Å². The number of H-pyrrole nitrogens is 1. The molecule has 0 bridgehead atoms. The van der Waals surface area contributed by atoms with Crippen molar-refractivity contribution in [1.82, 2.24) is 20.2 Å². The van der Waals surface area contributed by atoms with Crippen molar-refractivity contribution in [1.29, 1.82) is 0 Å². The SMILES string of the molecule is Cc1[nH]ncc1CN(C)c1cc(C2CCOC2)ncn1. The molecule has 1 N–H and O–H groups in total. The number of anilines is 1. The van der Waals surface area contributed by atoms with Crippen molar-refractivity contribution < 1.29 is 4.74 Å². The fourth-order valence-corrected chi connectivity index (χ4v) is 2.43. The van der Waals surface area contributed by atoms with Crippen LogP contribution in [0.15, 0.2) is 18.6 Å². The summed E-state index contributed by atoms with van der Waals surface area (Å²) in [6.07, 6.45) is 4.54. The highest BCUT2D eigenvalue weighted by Gasteiger charge is 2.20. The Balaban J connectivity index is 1.75. The average molecular weight is 273 g/mol. The predicted molar refractivity (Wildman–Crippen MR) is 75.6 cm³/mol. The lowest BCUT2D eigenvalue weighted by molar-refractivity contribution is 0.193. The number of hydrogen-bond acceptors (Lipinski definition) is 5. The van der Waals surface area contributed by atoms with Crippen molar-refractivity contribution in [2.45, 2.75) is 25.8 Å². The second-order valence-corrected chi connectivity index (χ2v) is 5.24. The Morgan fingerprint density at radius 2 is 2.35 bits per heavy atom. The number of aryl methyl sites for hydroxylation is 1. The van der Waals surface area contributed by atoms with Gasteiger partial charge in [-0.25, -0.2) is 9.97 Å². The van der Waals surface area contributed by atoms with Crippen LogP contribution in [0.25, 0.3) is 0 Å². The van der Waals surface area contributed by atoms with Crippen molar-refractivity contribution in [3.8, 4) is 0 Å². The van der Waals surface area contributed by atoms with Gasteiger partial charge in [-0.15, -0.1) is 0 Å². The van der Waals surface area contributed by atoms with E-state index in [4.69, 9.17) is 4.74 Å². The van der Waals surface area contributed by atoms with Gasteiger partial charge in [0.1, 0.15) is 12.1 Å². The van der Waals surface area contributed by atoms with Crippen molar-refractivity contribution in [3.05, 3.63) is 35.5 Å². The maximum absolute atomic E-state index is 5.43. The Hall–Kier alpha value is -1.95. The lowest BCUT2D eigenvalue weighted by atomic mass is 10.0. The van der Waals surface area contributed by atoms with Crippen LogP contribution in [0.4, 0.5) is 5.82 Å². The van der Waals surface area contributed by atoms with Crippen molar-refractivity contribution in [2.75, 3.05) is 25.2 Å². The second-order valence-electron chi connectivity index (χ2n) is 5.24. The molecule has 20 heavy (non-hydrogen) atoms. The number of rotatable bonds is 4. The van der Waals surface area contributed by atoms with Gasteiger partial charge in [-0.05, 0) is 13.3 Å². The molecule has 0 aliphatic carbocycles. The molecule has 1 atom stereocenters. The predicted octanol–water partition coefficient (Wildman–Crippen LogP) is 1.65. The van der Waals surface area contributed by atoms with E-state index in [2.05, 4.69) is 31.1 Å². The number of aromatic amines is 1. The Morgan fingerprint density at radius 1 is 1.45 bits per heavy atom. The molecule has 0 amide bonds. The quantitative estimate of drug-likeness (QED) is 0.917. The highest BCUT2D eigenvalue weighted by molar-refractivity contribution is 5.40. The zero-order valence-corrected chi connectivity index (χ0v) is 11.8. The first-order valence-electron chi connectivity index (χ1n) is 6.83. The second kappa shape index (κ2) is 5.58. The number of aromatic nitrogens is 4. The van der Waals surface area contributed by atoms with Gasteiger partial charge < -0.3 is 9.64 Å². The van der Waals surface area contributed by atoms with Gasteiger partial charge in [0, 0.05) is 43.4 Å². The monoisotopic (exact) mass is 273 g/mol. The number of nitrogens with one attached hydrogen (secondary N) is 1. The van der Waals surface area contributed by atoms with E-state index >= 15 is 0 Å². The molecule has 1 fully saturated rings. The molecule has 0 aromatic carbocycles. The van der Waals surface area contributed by atoms with Crippen LogP contribution in [-0.4, -0.2) is 40.4 Å². The van der Waals surface area contributed by atoms with E-state index < -0.39 is 0 Å². The highest BCUT2D eigenvalue weighted by atomic mass is 16.5. The minimum absolute atomic E-state index is 0.404. The summed E-state index contributed by atoms with van der Waals surface area (Å²) >= 11 is 0. The molecule has 0 radical (unpaired) electrons. The first-order valence-corrected chi connectivity index (χ1v) is 6.83. The summed E-state index contributed by atoms with van der Waals surface area (Å²) in [6, 6.07) is 2.06. The van der Waals surface area contributed by atoms with Gasteiger partial charge in [0.05, 0.1) is 18.5 Å². The molecule has 2 aromatic rings. The third-order valence-corrected chi connectivity index (χ3v) is 3.75. The maximum atomic E-state index is 5.43. The van der Waals surface area contributed by atoms with Crippen molar-refractivity contribution >= 4 is 5.82 Å². The zero-order valence-electron chi connectivity index (χ0n) is 11.8. The van der Waals surface area contributed by atoms with E-state index in [-0.39, 0.29) is 0 Å². The molecule has 1 aliphatic rings. The molecule has 1 unspecified atom stereocenters. The summed E-state index contributed by atoms with van der Waals surface area (Å²) in [5.74, 6) is 1.34. The summed E-state index contributed by atoms with van der Waals surface area (Å²) in [5.41, 5.74) is 3.34. The van der Waals surface area contributed by atoms with Crippen LogP contribution in [0.3, 0.4) is 0 Å². The Morgan fingerprint density at radius 3 is 3.05 bits per heavy atom. The van der Waals surface area contributed by atoms with Gasteiger partial charge in [0.25, 0.3) is 0 Å². The van der Waals surface area contributed by atoms with Gasteiger partial charge in [-0.3, -0.25) is 5.10 Å². The fraction of sp³-hybridized carbons (Fsp3) is 0.500. The first kappa shape index (κ1) is 13.1. The van der Waals surface area contributed by atoms with Crippen molar-refractivity contribution in [2.24, 2.45) is 0 Å². The summed E-state index contributed by atoms with van der Waals surface area (Å²) in [4.78, 5) is 10.9. The van der Waals surface area contributed by atoms with E-state index in [0.29, 0.717) is 5.92 Å². The van der Waals surface area contributed by atoms with Crippen LogP contribution in [0, 0.1) is 6.92 Å². The van der Waals surface area contributed by atoms with E-state index in [1.807, 2.05) is 20.2 Å². The molecular weight excluding hydrogens is 254 g/mol. The van der Waals surface area contributed by atoms with Crippen LogP contribution in [0.1, 0.15) is 29.3 Å². The van der Waals surface area contributed by atoms with Crippen LogP contribution >= 0.6 is 0 Å². The Labute approximate surface area is 118 Å². The standard InChI is InChI=1S/C14H19N5O/c1-10-12(6-17-18-10)7-19(2)14-5-13(15-9-16-14)11-3-4-20-8-11/h5-6,9,11H,3-4,7-8H2,1-2H3,(H,17,18). The zero-order chi connectivity index (χ0) is 13.9. The average Bonchev–Trinajstić information content (AvgIpc) is 3.12. The van der Waals surface area contributed by atoms with Gasteiger partial charge in [0.2, 0.25) is 0 Å². The minimum Gasteiger partial charge on any atom is -0.381 e. The summed E-state index contributed by atoms with van der Waals surface area (Å²) in [7, 11) is 2.03. The minimum atomic E-state index is 0.404. The van der Waals surface area contributed by atoms with E-state index in [9.17, 15) is 0 Å². The molecule has 1 saturated heterocycles. The van der Waals surface area contributed by atoms with E-state index in [0.717, 1.165) is 43.4 Å². The van der Waals surface area contributed by atoms with Crippen LogP contribution in [-0.2, 0) is 11.3 Å². The highest BCUT2D eigenvalue weighted by Crippen LogP contribution is 2.25. The molecule has 3 rings (SSSR count). The van der Waals surface area contributed by atoms with Crippen molar-refractivity contribution in [3.63, 3.8) is 0 Å². The summed E-state index contributed by atoms with van der Waals surface area (Å²) < 4.78 is 5.43. The molecular formula is C14H19N5O. The smallest absolute Gasteiger partial charge is 0.132 e. The molecule has 106 valence electrons. The molecule has 3 heterocycles. The molecule has 1 aliphatic heterocycles. The summed E-state index contributed by atoms with van der Waals surface area (Å²) in [6.45, 7) is 4.40. The molecule has 0 spiro atoms. The van der Waals surface area contributed by atoms with E-state index in [1.165, 1.54) is 5.56 Å².